The van der Waals surface area contributed by atoms with Crippen LogP contribution < -0.4 is 5.32 Å². The number of benzene rings is 4. The quantitative estimate of drug-likeness (QED) is 0.249. The van der Waals surface area contributed by atoms with Crippen LogP contribution in [0.3, 0.4) is 0 Å². The molecule has 0 aliphatic heterocycles. The summed E-state index contributed by atoms with van der Waals surface area (Å²) in [6.07, 6.45) is -4.28. The number of imidazole rings is 1. The standard InChI is InChI=1S/C29H25N3O.C2HF3O2/c33-29(30-19-18-22-10-3-1-4-11-22)25-15-9-14-24(20-25)28-31-26-16-7-8-17-27(26)32(28)21-23-12-5-2-6-13-23;3-2(4,5)1(6)7/h1-17,20H,18-19,21H2,(H,30,33);(H,6,7). The summed E-state index contributed by atoms with van der Waals surface area (Å²) in [6.45, 7) is 1.31. The highest BCUT2D eigenvalue weighted by molar-refractivity contribution is 5.95. The van der Waals surface area contributed by atoms with Crippen molar-refractivity contribution in [3.8, 4) is 11.4 Å². The van der Waals surface area contributed by atoms with Gasteiger partial charge in [0.15, 0.2) is 0 Å². The number of carbonyl (C=O) groups is 2. The van der Waals surface area contributed by atoms with E-state index in [0.29, 0.717) is 18.7 Å². The van der Waals surface area contributed by atoms with E-state index in [2.05, 4.69) is 52.3 Å². The Morgan fingerprint density at radius 3 is 2.05 bits per heavy atom. The zero-order chi connectivity index (χ0) is 28.5. The summed E-state index contributed by atoms with van der Waals surface area (Å²) in [4.78, 5) is 26.6. The number of hydrogen-bond acceptors (Lipinski definition) is 3. The van der Waals surface area contributed by atoms with Crippen LogP contribution in [0.5, 0.6) is 0 Å². The molecule has 0 spiro atoms. The lowest BCUT2D eigenvalue weighted by molar-refractivity contribution is -0.192. The maximum absolute atomic E-state index is 12.8. The van der Waals surface area contributed by atoms with E-state index in [1.54, 1.807) is 0 Å². The van der Waals surface area contributed by atoms with Gasteiger partial charge in [0.1, 0.15) is 5.82 Å². The minimum absolute atomic E-state index is 0.0708. The first-order valence-corrected chi connectivity index (χ1v) is 12.4. The van der Waals surface area contributed by atoms with Crippen molar-refractivity contribution < 1.29 is 27.9 Å². The highest BCUT2D eigenvalue weighted by Gasteiger charge is 2.38. The minimum Gasteiger partial charge on any atom is -0.475 e. The second-order valence-corrected chi connectivity index (χ2v) is 8.87. The lowest BCUT2D eigenvalue weighted by Gasteiger charge is -2.11. The molecule has 0 radical (unpaired) electrons. The molecule has 204 valence electrons. The number of para-hydroxylation sites is 2. The van der Waals surface area contributed by atoms with Crippen LogP contribution >= 0.6 is 0 Å². The van der Waals surface area contributed by atoms with Gasteiger partial charge in [0.2, 0.25) is 0 Å². The number of carboxylic acid groups (broad SMARTS) is 1. The molecule has 0 aliphatic rings. The van der Waals surface area contributed by atoms with Gasteiger partial charge in [0.05, 0.1) is 11.0 Å². The van der Waals surface area contributed by atoms with Gasteiger partial charge >= 0.3 is 12.1 Å². The molecule has 0 unspecified atom stereocenters. The molecule has 4 aromatic carbocycles. The van der Waals surface area contributed by atoms with Crippen molar-refractivity contribution in [2.24, 2.45) is 0 Å². The smallest absolute Gasteiger partial charge is 0.475 e. The van der Waals surface area contributed by atoms with Crippen LogP contribution in [0, 0.1) is 0 Å². The first-order valence-electron chi connectivity index (χ1n) is 12.4. The number of nitrogens with one attached hydrogen (secondary N) is 1. The van der Waals surface area contributed by atoms with Gasteiger partial charge in [-0.3, -0.25) is 4.79 Å². The van der Waals surface area contributed by atoms with E-state index in [-0.39, 0.29) is 5.91 Å². The Labute approximate surface area is 228 Å². The molecule has 1 amide bonds. The van der Waals surface area contributed by atoms with Gasteiger partial charge in [-0.1, -0.05) is 84.9 Å². The summed E-state index contributed by atoms with van der Waals surface area (Å²) in [5.74, 6) is -1.97. The number of alkyl halides is 3. The van der Waals surface area contributed by atoms with Crippen LogP contribution in [-0.4, -0.2) is 39.3 Å². The maximum Gasteiger partial charge on any atom is 0.490 e. The van der Waals surface area contributed by atoms with Crippen molar-refractivity contribution in [3.63, 3.8) is 0 Å². The number of amides is 1. The van der Waals surface area contributed by atoms with E-state index in [4.69, 9.17) is 14.9 Å². The largest absolute Gasteiger partial charge is 0.490 e. The third-order valence-corrected chi connectivity index (χ3v) is 6.01. The highest BCUT2D eigenvalue weighted by atomic mass is 19.4. The SMILES string of the molecule is O=C(NCCc1ccccc1)c1cccc(-c2nc3ccccc3n2Cc2ccccc2)c1.O=C(O)C(F)(F)F. The molecule has 40 heavy (non-hydrogen) atoms. The number of carboxylic acids is 1. The van der Waals surface area contributed by atoms with Crippen molar-refractivity contribution in [2.45, 2.75) is 19.1 Å². The molecule has 0 bridgehead atoms. The summed E-state index contributed by atoms with van der Waals surface area (Å²) < 4.78 is 34.0. The monoisotopic (exact) mass is 545 g/mol. The van der Waals surface area contributed by atoms with Crippen molar-refractivity contribution >= 4 is 22.9 Å². The molecule has 5 rings (SSSR count). The zero-order valence-corrected chi connectivity index (χ0v) is 21.3. The predicted molar refractivity (Wildman–Crippen MR) is 147 cm³/mol. The molecule has 0 atom stereocenters. The van der Waals surface area contributed by atoms with Crippen molar-refractivity contribution in [3.05, 3.63) is 126 Å². The second kappa shape index (κ2) is 12.8. The summed E-state index contributed by atoms with van der Waals surface area (Å²) in [5, 5.41) is 10.2. The number of nitrogens with zero attached hydrogens (tertiary/aromatic N) is 2. The summed E-state index contributed by atoms with van der Waals surface area (Å²) in [5.41, 5.74) is 6.00. The fourth-order valence-corrected chi connectivity index (χ4v) is 4.09. The fourth-order valence-electron chi connectivity index (χ4n) is 4.09. The Kier molecular flexibility index (Phi) is 8.96. The molecule has 5 aromatic rings. The Hall–Kier alpha value is -4.92. The average molecular weight is 546 g/mol. The molecule has 0 saturated carbocycles. The third-order valence-electron chi connectivity index (χ3n) is 6.01. The lowest BCUT2D eigenvalue weighted by Crippen LogP contribution is -2.25. The van der Waals surface area contributed by atoms with E-state index < -0.39 is 12.1 Å². The first-order chi connectivity index (χ1) is 19.2. The molecule has 0 saturated heterocycles. The van der Waals surface area contributed by atoms with E-state index in [0.717, 1.165) is 28.8 Å². The molecule has 0 fully saturated rings. The van der Waals surface area contributed by atoms with Gasteiger partial charge in [0, 0.05) is 24.2 Å². The summed E-state index contributed by atoms with van der Waals surface area (Å²) in [6, 6.07) is 36.4. The Balaban J connectivity index is 0.000000470. The first kappa shape index (κ1) is 28.1. The number of carbonyl (C=O) groups excluding carboxylic acids is 1. The molecular weight excluding hydrogens is 519 g/mol. The number of halogens is 3. The molecule has 9 heteroatoms. The Bertz CT molecular complexity index is 1580. The Morgan fingerprint density at radius 1 is 0.800 bits per heavy atom. The molecule has 6 nitrogen and oxygen atoms in total. The zero-order valence-electron chi connectivity index (χ0n) is 21.3. The van der Waals surface area contributed by atoms with Gasteiger partial charge in [-0.25, -0.2) is 9.78 Å². The fraction of sp³-hybridized carbons (Fsp3) is 0.129. The van der Waals surface area contributed by atoms with Crippen LogP contribution in [0.1, 0.15) is 21.5 Å². The van der Waals surface area contributed by atoms with Gasteiger partial charge in [-0.2, -0.15) is 13.2 Å². The average Bonchev–Trinajstić information content (AvgIpc) is 3.32. The molecule has 1 heterocycles. The maximum atomic E-state index is 12.8. The predicted octanol–water partition coefficient (Wildman–Crippen LogP) is 6.36. The number of hydrogen-bond donors (Lipinski definition) is 2. The van der Waals surface area contributed by atoms with Gasteiger partial charge in [0.25, 0.3) is 5.91 Å². The molecule has 1 aromatic heterocycles. The van der Waals surface area contributed by atoms with Crippen LogP contribution in [-0.2, 0) is 17.8 Å². The number of fused-ring (bicyclic) bond motifs is 1. The van der Waals surface area contributed by atoms with E-state index in [9.17, 15) is 18.0 Å². The minimum atomic E-state index is -5.08. The van der Waals surface area contributed by atoms with E-state index >= 15 is 0 Å². The number of aliphatic carboxylic acids is 1. The number of aromatic nitrogens is 2. The van der Waals surface area contributed by atoms with Crippen LogP contribution in [0.2, 0.25) is 0 Å². The normalized spacial score (nSPS) is 11.0. The summed E-state index contributed by atoms with van der Waals surface area (Å²) >= 11 is 0. The van der Waals surface area contributed by atoms with Crippen LogP contribution in [0.4, 0.5) is 13.2 Å². The topological polar surface area (TPSA) is 84.2 Å². The van der Waals surface area contributed by atoms with Gasteiger partial charge in [-0.15, -0.1) is 0 Å². The second-order valence-electron chi connectivity index (χ2n) is 8.87. The molecular formula is C31H26F3N3O3. The van der Waals surface area contributed by atoms with E-state index in [1.165, 1.54) is 11.1 Å². The van der Waals surface area contributed by atoms with Crippen molar-refractivity contribution in [2.75, 3.05) is 6.54 Å². The van der Waals surface area contributed by atoms with Crippen LogP contribution in [0.15, 0.2) is 109 Å². The third kappa shape index (κ3) is 7.35. The Morgan fingerprint density at radius 2 is 1.40 bits per heavy atom. The van der Waals surface area contributed by atoms with Crippen molar-refractivity contribution in [1.29, 1.82) is 0 Å². The van der Waals surface area contributed by atoms with Gasteiger partial charge < -0.3 is 15.0 Å². The number of rotatable bonds is 7. The summed E-state index contributed by atoms with van der Waals surface area (Å²) in [7, 11) is 0. The molecule has 0 aliphatic carbocycles. The van der Waals surface area contributed by atoms with E-state index in [1.807, 2.05) is 66.7 Å². The van der Waals surface area contributed by atoms with Crippen molar-refractivity contribution in [1.82, 2.24) is 14.9 Å². The molecule has 2 N–H and O–H groups in total. The van der Waals surface area contributed by atoms with Crippen LogP contribution in [0.25, 0.3) is 22.4 Å². The lowest BCUT2D eigenvalue weighted by atomic mass is 10.1. The van der Waals surface area contributed by atoms with Gasteiger partial charge in [-0.05, 0) is 41.8 Å². The highest BCUT2D eigenvalue weighted by Crippen LogP contribution is 2.26.